The van der Waals surface area contributed by atoms with Crippen molar-refractivity contribution in [3.8, 4) is 0 Å². The fraction of sp³-hybridized carbons (Fsp3) is 0.541. The summed E-state index contributed by atoms with van der Waals surface area (Å²) in [4.78, 5) is 21.9. The molecule has 3 atom stereocenters. The monoisotopic (exact) mass is 611 g/mol. The van der Waals surface area contributed by atoms with Gasteiger partial charge >= 0.3 is 5.97 Å². The summed E-state index contributed by atoms with van der Waals surface area (Å²) in [7, 11) is 0. The van der Waals surface area contributed by atoms with Gasteiger partial charge in [-0.05, 0) is 87.2 Å². The molecule has 3 aromatic rings. The van der Waals surface area contributed by atoms with Crippen LogP contribution in [0, 0.1) is 11.8 Å². The topological polar surface area (TPSA) is 108 Å². The van der Waals surface area contributed by atoms with E-state index in [1.807, 2.05) is 0 Å². The van der Waals surface area contributed by atoms with Gasteiger partial charge in [0.25, 0.3) is 0 Å². The summed E-state index contributed by atoms with van der Waals surface area (Å²) in [6.45, 7) is 4.62. The predicted octanol–water partition coefficient (Wildman–Crippen LogP) is 6.75. The number of carbonyl (C=O) groups is 1. The van der Waals surface area contributed by atoms with Gasteiger partial charge in [-0.25, -0.2) is 4.98 Å². The number of ether oxygens (including phenoxy) is 1. The predicted molar refractivity (Wildman–Crippen MR) is 179 cm³/mol. The molecule has 0 amide bonds. The minimum Gasteiger partial charge on any atom is -0.481 e. The molecule has 2 aliphatic carbocycles. The Balaban J connectivity index is 1.28. The fourth-order valence-corrected chi connectivity index (χ4v) is 7.58. The zero-order valence-electron chi connectivity index (χ0n) is 26.6. The highest BCUT2D eigenvalue weighted by atomic mass is 16.5. The number of carboxylic acids is 1. The first-order valence-corrected chi connectivity index (χ1v) is 17.1. The summed E-state index contributed by atoms with van der Waals surface area (Å²) >= 11 is 0. The van der Waals surface area contributed by atoms with E-state index in [0.29, 0.717) is 23.8 Å². The molecular formula is C37H49N5O3. The summed E-state index contributed by atoms with van der Waals surface area (Å²) in [6, 6.07) is 22.2. The molecule has 8 heteroatoms. The van der Waals surface area contributed by atoms with E-state index in [1.54, 1.807) is 0 Å². The van der Waals surface area contributed by atoms with E-state index >= 15 is 0 Å². The van der Waals surface area contributed by atoms with Crippen molar-refractivity contribution in [1.82, 2.24) is 15.3 Å². The second-order valence-corrected chi connectivity index (χ2v) is 13.2. The average molecular weight is 612 g/mol. The highest BCUT2D eigenvalue weighted by molar-refractivity contribution is 5.70. The van der Waals surface area contributed by atoms with Crippen LogP contribution in [0.4, 0.5) is 11.8 Å². The van der Waals surface area contributed by atoms with Gasteiger partial charge in [0, 0.05) is 37.4 Å². The summed E-state index contributed by atoms with van der Waals surface area (Å²) in [5, 5.41) is 21.0. The maximum absolute atomic E-state index is 11.6. The van der Waals surface area contributed by atoms with Crippen molar-refractivity contribution in [2.45, 2.75) is 95.2 Å². The molecule has 2 heterocycles. The molecule has 1 saturated carbocycles. The number of aliphatic carboxylic acids is 1. The first-order valence-electron chi connectivity index (χ1n) is 17.1. The van der Waals surface area contributed by atoms with E-state index in [-0.39, 0.29) is 18.0 Å². The Morgan fingerprint density at radius 1 is 0.911 bits per heavy atom. The minimum atomic E-state index is -0.656. The standard InChI is InChI=1S/C37H49N5O3/c1-2-32(27-13-15-28(16-14-27)36(43)44)40-37-41-33-18-17-29(25-9-5-3-6-10-25)23-31(33)35(42-37)39-34(26-11-7-4-8-12-26)24-38-30-19-21-45-22-20-30/h3-12,27-30,32,34,38H,2,13-24H2,1H3,(H,43,44)(H2,39,40,41,42)/t27?,28?,29-,32-,34+/m1/s1. The number of nitrogens with one attached hydrogen (secondary N) is 3. The lowest BCUT2D eigenvalue weighted by molar-refractivity contribution is -0.143. The van der Waals surface area contributed by atoms with Gasteiger partial charge in [0.05, 0.1) is 17.7 Å². The SMILES string of the molecule is CC[C@@H](Nc1nc2c(c(N[C@@H](CNC3CCOCC3)c3ccccc3)n1)C[C@H](c1ccccc1)CC2)C1CCC(C(=O)O)CC1. The number of benzene rings is 2. The zero-order valence-corrected chi connectivity index (χ0v) is 26.6. The molecule has 0 unspecified atom stereocenters. The summed E-state index contributed by atoms with van der Waals surface area (Å²) < 4.78 is 5.60. The Morgan fingerprint density at radius 2 is 1.62 bits per heavy atom. The zero-order chi connectivity index (χ0) is 31.0. The van der Waals surface area contributed by atoms with Crippen LogP contribution in [0.3, 0.4) is 0 Å². The number of rotatable bonds is 12. The number of aryl methyl sites for hydroxylation is 1. The van der Waals surface area contributed by atoms with Crippen LogP contribution in [0.2, 0.25) is 0 Å². The highest BCUT2D eigenvalue weighted by Crippen LogP contribution is 2.38. The van der Waals surface area contributed by atoms with Crippen LogP contribution in [0.15, 0.2) is 60.7 Å². The normalized spacial score (nSPS) is 23.4. The lowest BCUT2D eigenvalue weighted by Gasteiger charge is -2.33. The number of fused-ring (bicyclic) bond motifs is 1. The summed E-state index contributed by atoms with van der Waals surface area (Å²) in [5.74, 6) is 1.60. The molecule has 2 aromatic carbocycles. The molecule has 1 saturated heterocycles. The molecular weight excluding hydrogens is 562 g/mol. The number of anilines is 2. The second-order valence-electron chi connectivity index (χ2n) is 13.2. The first-order chi connectivity index (χ1) is 22.1. The Kier molecular flexibility index (Phi) is 10.6. The molecule has 45 heavy (non-hydrogen) atoms. The number of aromatic nitrogens is 2. The minimum absolute atomic E-state index is 0.0475. The third-order valence-electron chi connectivity index (χ3n) is 10.3. The van der Waals surface area contributed by atoms with Crippen molar-refractivity contribution < 1.29 is 14.6 Å². The molecule has 1 aliphatic heterocycles. The molecule has 0 spiro atoms. The molecule has 6 rings (SSSR count). The smallest absolute Gasteiger partial charge is 0.306 e. The van der Waals surface area contributed by atoms with Gasteiger partial charge in [0.1, 0.15) is 5.82 Å². The molecule has 8 nitrogen and oxygen atoms in total. The van der Waals surface area contributed by atoms with Crippen LogP contribution in [-0.4, -0.2) is 52.9 Å². The molecule has 4 N–H and O–H groups in total. The third kappa shape index (κ3) is 8.03. The van der Waals surface area contributed by atoms with Gasteiger partial charge in [-0.2, -0.15) is 4.98 Å². The lowest BCUT2D eigenvalue weighted by Crippen LogP contribution is -2.39. The van der Waals surface area contributed by atoms with E-state index in [9.17, 15) is 9.90 Å². The number of hydrogen-bond acceptors (Lipinski definition) is 7. The molecule has 2 fully saturated rings. The third-order valence-corrected chi connectivity index (χ3v) is 10.3. The Bertz CT molecular complexity index is 1370. The number of nitrogens with zero attached hydrogens (tertiary/aromatic N) is 2. The Morgan fingerprint density at radius 3 is 2.31 bits per heavy atom. The van der Waals surface area contributed by atoms with Crippen molar-refractivity contribution in [3.63, 3.8) is 0 Å². The van der Waals surface area contributed by atoms with Gasteiger partial charge in [0.2, 0.25) is 5.95 Å². The van der Waals surface area contributed by atoms with Crippen molar-refractivity contribution in [1.29, 1.82) is 0 Å². The number of carboxylic acid groups (broad SMARTS) is 1. The average Bonchev–Trinajstić information content (AvgIpc) is 3.10. The van der Waals surface area contributed by atoms with Crippen molar-refractivity contribution in [2.24, 2.45) is 11.8 Å². The largest absolute Gasteiger partial charge is 0.481 e. The van der Waals surface area contributed by atoms with Crippen LogP contribution in [-0.2, 0) is 22.4 Å². The molecule has 1 aromatic heterocycles. The van der Waals surface area contributed by atoms with Gasteiger partial charge in [-0.15, -0.1) is 0 Å². The van der Waals surface area contributed by atoms with E-state index < -0.39 is 5.97 Å². The van der Waals surface area contributed by atoms with Gasteiger partial charge in [0.15, 0.2) is 0 Å². The van der Waals surface area contributed by atoms with Gasteiger partial charge in [-0.1, -0.05) is 67.6 Å². The fourth-order valence-electron chi connectivity index (χ4n) is 7.58. The second kappa shape index (κ2) is 15.2. The molecule has 3 aliphatic rings. The molecule has 0 radical (unpaired) electrons. The Hall–Kier alpha value is -3.49. The van der Waals surface area contributed by atoms with Crippen LogP contribution in [0.5, 0.6) is 0 Å². The van der Waals surface area contributed by atoms with Gasteiger partial charge in [-0.3, -0.25) is 4.79 Å². The molecule has 0 bridgehead atoms. The highest BCUT2D eigenvalue weighted by Gasteiger charge is 2.32. The van der Waals surface area contributed by atoms with Crippen LogP contribution in [0.1, 0.15) is 92.6 Å². The van der Waals surface area contributed by atoms with E-state index in [1.165, 1.54) is 16.7 Å². The van der Waals surface area contributed by atoms with Crippen LogP contribution in [0.25, 0.3) is 0 Å². The molecule has 240 valence electrons. The van der Waals surface area contributed by atoms with Crippen LogP contribution < -0.4 is 16.0 Å². The summed E-state index contributed by atoms with van der Waals surface area (Å²) in [6.07, 6.45) is 9.24. The maximum atomic E-state index is 11.6. The quantitative estimate of drug-likeness (QED) is 0.178. The maximum Gasteiger partial charge on any atom is 0.306 e. The van der Waals surface area contributed by atoms with Crippen molar-refractivity contribution in [2.75, 3.05) is 30.4 Å². The van der Waals surface area contributed by atoms with Crippen molar-refractivity contribution in [3.05, 3.63) is 83.0 Å². The lowest BCUT2D eigenvalue weighted by atomic mass is 9.78. The number of hydrogen-bond donors (Lipinski definition) is 4. The van der Waals surface area contributed by atoms with Crippen LogP contribution >= 0.6 is 0 Å². The first kappa shape index (κ1) is 31.5. The Labute approximate surface area is 267 Å². The van der Waals surface area contributed by atoms with Crippen molar-refractivity contribution >= 4 is 17.7 Å². The van der Waals surface area contributed by atoms with E-state index in [0.717, 1.165) is 95.5 Å². The van der Waals surface area contributed by atoms with E-state index in [4.69, 9.17) is 14.7 Å². The van der Waals surface area contributed by atoms with Gasteiger partial charge < -0.3 is 25.8 Å². The van der Waals surface area contributed by atoms with E-state index in [2.05, 4.69) is 83.5 Å². The summed E-state index contributed by atoms with van der Waals surface area (Å²) in [5.41, 5.74) is 4.97.